The Hall–Kier alpha value is -3.70. The number of nitrogens with two attached hydrogens (primary N) is 1. The predicted octanol–water partition coefficient (Wildman–Crippen LogP) is 5.87. The van der Waals surface area contributed by atoms with Crippen LogP contribution in [0.2, 0.25) is 0 Å². The molecule has 36 heavy (non-hydrogen) atoms. The molecule has 1 fully saturated rings. The summed E-state index contributed by atoms with van der Waals surface area (Å²) >= 11 is 0. The van der Waals surface area contributed by atoms with Crippen LogP contribution in [0.5, 0.6) is 0 Å². The van der Waals surface area contributed by atoms with E-state index in [9.17, 15) is 4.79 Å². The van der Waals surface area contributed by atoms with Gasteiger partial charge >= 0.3 is 0 Å². The first-order valence-electron chi connectivity index (χ1n) is 12.7. The minimum absolute atomic E-state index is 0.159. The van der Waals surface area contributed by atoms with E-state index in [0.29, 0.717) is 0 Å². The number of benzene rings is 3. The second kappa shape index (κ2) is 9.75. The molecule has 0 spiro atoms. The SMILES string of the molecule is Cc1cc(C(N)=O)nn1-c1ccc(C(C)(C)c2ccc(-c3ccc(CN4CCCC4)cc3)cc2)cc1. The second-order valence-corrected chi connectivity index (χ2v) is 10.4. The number of carbonyl (C=O) groups excluding carboxylic acids is 1. The zero-order chi connectivity index (χ0) is 25.3. The van der Waals surface area contributed by atoms with Crippen LogP contribution < -0.4 is 5.73 Å². The number of hydrogen-bond donors (Lipinski definition) is 1. The summed E-state index contributed by atoms with van der Waals surface area (Å²) in [6, 6.07) is 28.0. The minimum atomic E-state index is -0.518. The molecule has 2 heterocycles. The molecule has 1 aliphatic rings. The molecule has 1 aliphatic heterocycles. The Kier molecular flexibility index (Phi) is 6.50. The monoisotopic (exact) mass is 478 g/mol. The van der Waals surface area contributed by atoms with Crippen molar-refractivity contribution in [1.29, 1.82) is 0 Å². The van der Waals surface area contributed by atoms with Gasteiger partial charge in [-0.1, -0.05) is 74.5 Å². The lowest BCUT2D eigenvalue weighted by Gasteiger charge is -2.26. The first-order chi connectivity index (χ1) is 17.3. The van der Waals surface area contributed by atoms with E-state index in [0.717, 1.165) is 17.9 Å². The van der Waals surface area contributed by atoms with Crippen LogP contribution in [0.1, 0.15) is 59.6 Å². The number of hydrogen-bond acceptors (Lipinski definition) is 3. The Bertz CT molecular complexity index is 1340. The molecule has 184 valence electrons. The highest BCUT2D eigenvalue weighted by Crippen LogP contribution is 2.33. The standard InChI is InChI=1S/C31H34N4O/c1-22-20-29(30(32)36)33-35(22)28-16-14-27(15-17-28)31(2,3)26-12-10-25(11-13-26)24-8-6-23(7-9-24)21-34-18-4-5-19-34/h6-17,20H,4-5,18-19,21H2,1-3H3,(H2,32,36). The van der Waals surface area contributed by atoms with Crippen LogP contribution in [0.25, 0.3) is 16.8 Å². The molecule has 3 aromatic carbocycles. The summed E-state index contributed by atoms with van der Waals surface area (Å²) in [6.45, 7) is 9.91. The number of aryl methyl sites for hydroxylation is 1. The maximum absolute atomic E-state index is 11.5. The first kappa shape index (κ1) is 24.0. The average Bonchev–Trinajstić information content (AvgIpc) is 3.54. The molecule has 0 bridgehead atoms. The first-order valence-corrected chi connectivity index (χ1v) is 12.7. The second-order valence-electron chi connectivity index (χ2n) is 10.4. The van der Waals surface area contributed by atoms with Gasteiger partial charge in [0.1, 0.15) is 0 Å². The van der Waals surface area contributed by atoms with Gasteiger partial charge in [-0.05, 0) is 78.9 Å². The number of rotatable bonds is 7. The van der Waals surface area contributed by atoms with Crippen molar-refractivity contribution < 1.29 is 4.79 Å². The van der Waals surface area contributed by atoms with Crippen LogP contribution in [0.3, 0.4) is 0 Å². The average molecular weight is 479 g/mol. The zero-order valence-electron chi connectivity index (χ0n) is 21.4. The molecule has 5 heteroatoms. The van der Waals surface area contributed by atoms with E-state index >= 15 is 0 Å². The minimum Gasteiger partial charge on any atom is -0.364 e. The highest BCUT2D eigenvalue weighted by atomic mass is 16.1. The van der Waals surface area contributed by atoms with Crippen LogP contribution in [0, 0.1) is 6.92 Å². The fraction of sp³-hybridized carbons (Fsp3) is 0.290. The van der Waals surface area contributed by atoms with E-state index in [1.54, 1.807) is 10.7 Å². The van der Waals surface area contributed by atoms with Crippen molar-refractivity contribution in [2.24, 2.45) is 5.73 Å². The highest BCUT2D eigenvalue weighted by Gasteiger charge is 2.23. The van der Waals surface area contributed by atoms with Gasteiger partial charge in [0.25, 0.3) is 5.91 Å². The molecular weight excluding hydrogens is 444 g/mol. The predicted molar refractivity (Wildman–Crippen MR) is 145 cm³/mol. The molecule has 1 amide bonds. The number of aromatic nitrogens is 2. The summed E-state index contributed by atoms with van der Waals surface area (Å²) in [5.41, 5.74) is 13.6. The van der Waals surface area contributed by atoms with E-state index in [1.165, 1.54) is 53.7 Å². The number of likely N-dealkylation sites (tertiary alicyclic amines) is 1. The lowest BCUT2D eigenvalue weighted by atomic mass is 9.78. The molecule has 0 unspecified atom stereocenters. The Morgan fingerprint density at radius 1 is 0.861 bits per heavy atom. The van der Waals surface area contributed by atoms with Crippen LogP contribution in [0.4, 0.5) is 0 Å². The molecule has 0 radical (unpaired) electrons. The van der Waals surface area contributed by atoms with Gasteiger partial charge in [0, 0.05) is 17.7 Å². The Labute approximate surface area is 213 Å². The Morgan fingerprint density at radius 2 is 1.39 bits per heavy atom. The van der Waals surface area contributed by atoms with Gasteiger partial charge in [-0.15, -0.1) is 0 Å². The molecular formula is C31H34N4O. The summed E-state index contributed by atoms with van der Waals surface area (Å²) in [4.78, 5) is 14.0. The molecule has 5 rings (SSSR count). The van der Waals surface area contributed by atoms with Crippen LogP contribution in [0.15, 0.2) is 78.9 Å². The summed E-state index contributed by atoms with van der Waals surface area (Å²) in [7, 11) is 0. The lowest BCUT2D eigenvalue weighted by Crippen LogP contribution is -2.19. The smallest absolute Gasteiger partial charge is 0.269 e. The van der Waals surface area contributed by atoms with Gasteiger partial charge in [-0.25, -0.2) is 4.68 Å². The van der Waals surface area contributed by atoms with Crippen molar-refractivity contribution in [2.45, 2.75) is 45.6 Å². The normalized spacial score (nSPS) is 14.3. The molecule has 5 nitrogen and oxygen atoms in total. The number of nitrogens with zero attached hydrogens (tertiary/aromatic N) is 3. The number of carbonyl (C=O) groups is 1. The van der Waals surface area contributed by atoms with Gasteiger partial charge < -0.3 is 5.73 Å². The highest BCUT2D eigenvalue weighted by molar-refractivity contribution is 5.90. The molecule has 1 aromatic heterocycles. The van der Waals surface area contributed by atoms with Crippen molar-refractivity contribution in [3.8, 4) is 16.8 Å². The molecule has 0 saturated carbocycles. The fourth-order valence-electron chi connectivity index (χ4n) is 5.12. The molecule has 0 atom stereocenters. The van der Waals surface area contributed by atoms with Gasteiger partial charge in [0.15, 0.2) is 5.69 Å². The van der Waals surface area contributed by atoms with Crippen molar-refractivity contribution in [3.05, 3.63) is 107 Å². The van der Waals surface area contributed by atoms with Gasteiger partial charge in [0.05, 0.1) is 5.69 Å². The van der Waals surface area contributed by atoms with Crippen LogP contribution in [-0.4, -0.2) is 33.7 Å². The van der Waals surface area contributed by atoms with Crippen LogP contribution >= 0.6 is 0 Å². The van der Waals surface area contributed by atoms with Crippen molar-refractivity contribution in [3.63, 3.8) is 0 Å². The quantitative estimate of drug-likeness (QED) is 0.361. The zero-order valence-corrected chi connectivity index (χ0v) is 21.4. The topological polar surface area (TPSA) is 64.2 Å². The summed E-state index contributed by atoms with van der Waals surface area (Å²) < 4.78 is 1.75. The maximum Gasteiger partial charge on any atom is 0.269 e. The van der Waals surface area contributed by atoms with Gasteiger partial charge in [-0.3, -0.25) is 9.69 Å². The van der Waals surface area contributed by atoms with Crippen molar-refractivity contribution >= 4 is 5.91 Å². The van der Waals surface area contributed by atoms with Crippen LogP contribution in [-0.2, 0) is 12.0 Å². The Morgan fingerprint density at radius 3 is 1.92 bits per heavy atom. The van der Waals surface area contributed by atoms with Crippen molar-refractivity contribution in [1.82, 2.24) is 14.7 Å². The molecule has 2 N–H and O–H groups in total. The largest absolute Gasteiger partial charge is 0.364 e. The summed E-state index contributed by atoms with van der Waals surface area (Å²) in [5, 5.41) is 4.34. The Balaban J connectivity index is 1.31. The number of amides is 1. The molecule has 4 aromatic rings. The lowest BCUT2D eigenvalue weighted by molar-refractivity contribution is 0.0995. The van der Waals surface area contributed by atoms with E-state index in [2.05, 4.69) is 84.5 Å². The van der Waals surface area contributed by atoms with Crippen molar-refractivity contribution in [2.75, 3.05) is 13.1 Å². The third kappa shape index (κ3) is 4.84. The van der Waals surface area contributed by atoms with E-state index in [4.69, 9.17) is 5.73 Å². The molecule has 0 aliphatic carbocycles. The fourth-order valence-corrected chi connectivity index (χ4v) is 5.12. The van der Waals surface area contributed by atoms with Gasteiger partial charge in [-0.2, -0.15) is 5.10 Å². The third-order valence-corrected chi connectivity index (χ3v) is 7.47. The van der Waals surface area contributed by atoms with E-state index in [1.807, 2.05) is 19.1 Å². The summed E-state index contributed by atoms with van der Waals surface area (Å²) in [5.74, 6) is -0.518. The van der Waals surface area contributed by atoms with E-state index < -0.39 is 5.91 Å². The van der Waals surface area contributed by atoms with Gasteiger partial charge in [0.2, 0.25) is 0 Å². The maximum atomic E-state index is 11.5. The number of primary amides is 1. The summed E-state index contributed by atoms with van der Waals surface area (Å²) in [6.07, 6.45) is 2.65. The van der Waals surface area contributed by atoms with E-state index in [-0.39, 0.29) is 11.1 Å². The molecule has 1 saturated heterocycles. The third-order valence-electron chi connectivity index (χ3n) is 7.47.